The zero-order valence-corrected chi connectivity index (χ0v) is 12.7. The highest BCUT2D eigenvalue weighted by Crippen LogP contribution is 2.42. The van der Waals surface area contributed by atoms with Crippen molar-refractivity contribution in [2.75, 3.05) is 31.8 Å². The monoisotopic (exact) mass is 286 g/mol. The Labute approximate surface area is 118 Å². The van der Waals surface area contributed by atoms with Crippen LogP contribution in [0.15, 0.2) is 0 Å². The third-order valence-corrected chi connectivity index (χ3v) is 3.84. The predicted molar refractivity (Wildman–Crippen MR) is 79.2 cm³/mol. The summed E-state index contributed by atoms with van der Waals surface area (Å²) >= 11 is 1.27. The van der Waals surface area contributed by atoms with Crippen LogP contribution in [0, 0.1) is 5.92 Å². The number of carbonyl (C=O) groups is 1. The van der Waals surface area contributed by atoms with Crippen LogP contribution in [-0.2, 0) is 4.74 Å². The van der Waals surface area contributed by atoms with Crippen LogP contribution < -0.4 is 15.8 Å². The molecule has 1 aromatic rings. The van der Waals surface area contributed by atoms with Crippen molar-refractivity contribution in [1.29, 1.82) is 0 Å². The normalized spacial score (nSPS) is 10.6. The summed E-state index contributed by atoms with van der Waals surface area (Å²) in [5.74, 6) is 0.772. The number of anilines is 2. The molecular weight excluding hydrogens is 264 g/mol. The molecule has 0 aliphatic rings. The van der Waals surface area contributed by atoms with Crippen LogP contribution >= 0.6 is 11.3 Å². The minimum atomic E-state index is -0.434. The molecule has 19 heavy (non-hydrogen) atoms. The highest BCUT2D eigenvalue weighted by atomic mass is 32.1. The van der Waals surface area contributed by atoms with Crippen LogP contribution in [0.3, 0.4) is 0 Å². The lowest BCUT2D eigenvalue weighted by Crippen LogP contribution is -2.03. The lowest BCUT2D eigenvalue weighted by molar-refractivity contribution is 0.0607. The highest BCUT2D eigenvalue weighted by Gasteiger charge is 2.22. The van der Waals surface area contributed by atoms with Crippen molar-refractivity contribution in [2.24, 2.45) is 5.92 Å². The van der Waals surface area contributed by atoms with E-state index in [1.54, 1.807) is 7.11 Å². The quantitative estimate of drug-likeness (QED) is 0.595. The summed E-state index contributed by atoms with van der Waals surface area (Å²) in [6.07, 6.45) is 2.21. The first-order valence-corrected chi connectivity index (χ1v) is 7.11. The van der Waals surface area contributed by atoms with Crippen molar-refractivity contribution in [2.45, 2.75) is 26.7 Å². The standard InChI is InChI=1S/C13H22N2O3S/c1-8(2)6-5-7-15-12-10(17-3)9(14)11(19-12)13(16)18-4/h8,15H,5-7,14H2,1-4H3. The number of hydrogen-bond acceptors (Lipinski definition) is 6. The zero-order valence-electron chi connectivity index (χ0n) is 11.9. The Kier molecular flexibility index (Phi) is 5.95. The van der Waals surface area contributed by atoms with Gasteiger partial charge < -0.3 is 20.5 Å². The number of esters is 1. The molecule has 0 aliphatic carbocycles. The number of ether oxygens (including phenoxy) is 2. The second-order valence-electron chi connectivity index (χ2n) is 4.66. The van der Waals surface area contributed by atoms with Crippen LogP contribution in [0.2, 0.25) is 0 Å². The van der Waals surface area contributed by atoms with E-state index in [-0.39, 0.29) is 0 Å². The third-order valence-electron chi connectivity index (χ3n) is 2.72. The van der Waals surface area contributed by atoms with Gasteiger partial charge in [0, 0.05) is 6.54 Å². The summed E-state index contributed by atoms with van der Waals surface area (Å²) in [5.41, 5.74) is 6.23. The van der Waals surface area contributed by atoms with Crippen LogP contribution in [0.25, 0.3) is 0 Å². The molecule has 1 rings (SSSR count). The van der Waals surface area contributed by atoms with E-state index in [1.807, 2.05) is 0 Å². The number of nitrogens with one attached hydrogen (secondary N) is 1. The lowest BCUT2D eigenvalue weighted by atomic mass is 10.1. The van der Waals surface area contributed by atoms with Gasteiger partial charge in [-0.2, -0.15) is 0 Å². The van der Waals surface area contributed by atoms with Crippen molar-refractivity contribution in [3.8, 4) is 5.75 Å². The van der Waals surface area contributed by atoms with E-state index in [2.05, 4.69) is 19.2 Å². The molecule has 0 amide bonds. The first kappa shape index (κ1) is 15.6. The number of methoxy groups -OCH3 is 2. The van der Waals surface area contributed by atoms with E-state index in [0.717, 1.165) is 24.4 Å². The van der Waals surface area contributed by atoms with Crippen molar-refractivity contribution in [3.63, 3.8) is 0 Å². The van der Waals surface area contributed by atoms with E-state index in [1.165, 1.54) is 18.4 Å². The SMILES string of the molecule is COC(=O)c1sc(NCCCC(C)C)c(OC)c1N. The van der Waals surface area contributed by atoms with Gasteiger partial charge in [0.1, 0.15) is 15.6 Å². The molecule has 108 valence electrons. The van der Waals surface area contributed by atoms with Crippen LogP contribution in [0.5, 0.6) is 5.75 Å². The number of rotatable bonds is 7. The van der Waals surface area contributed by atoms with Gasteiger partial charge in [0.05, 0.1) is 14.2 Å². The van der Waals surface area contributed by atoms with E-state index < -0.39 is 5.97 Å². The largest absolute Gasteiger partial charge is 0.492 e. The van der Waals surface area contributed by atoms with Gasteiger partial charge in [-0.1, -0.05) is 13.8 Å². The van der Waals surface area contributed by atoms with Crippen molar-refractivity contribution in [3.05, 3.63) is 4.88 Å². The maximum Gasteiger partial charge on any atom is 0.350 e. The van der Waals surface area contributed by atoms with Gasteiger partial charge in [-0.15, -0.1) is 11.3 Å². The van der Waals surface area contributed by atoms with Gasteiger partial charge >= 0.3 is 5.97 Å². The molecule has 1 heterocycles. The van der Waals surface area contributed by atoms with E-state index >= 15 is 0 Å². The van der Waals surface area contributed by atoms with Crippen molar-refractivity contribution >= 4 is 28.0 Å². The van der Waals surface area contributed by atoms with Gasteiger partial charge in [0.2, 0.25) is 0 Å². The Morgan fingerprint density at radius 3 is 2.63 bits per heavy atom. The molecule has 3 N–H and O–H groups in total. The Morgan fingerprint density at radius 2 is 2.11 bits per heavy atom. The molecular formula is C13H22N2O3S. The predicted octanol–water partition coefficient (Wildman–Crippen LogP) is 2.97. The molecule has 0 radical (unpaired) electrons. The third kappa shape index (κ3) is 4.02. The molecule has 0 aliphatic heterocycles. The average molecular weight is 286 g/mol. The summed E-state index contributed by atoms with van der Waals surface area (Å²) in [5, 5.41) is 4.05. The molecule has 0 saturated carbocycles. The molecule has 0 bridgehead atoms. The molecule has 1 aromatic heterocycles. The topological polar surface area (TPSA) is 73.6 Å². The van der Waals surface area contributed by atoms with E-state index in [0.29, 0.717) is 22.2 Å². The number of carbonyl (C=O) groups excluding carboxylic acids is 1. The van der Waals surface area contributed by atoms with Crippen LogP contribution in [-0.4, -0.2) is 26.7 Å². The first-order chi connectivity index (χ1) is 9.01. The molecule has 0 atom stereocenters. The van der Waals surface area contributed by atoms with Gasteiger partial charge in [-0.25, -0.2) is 4.79 Å². The fourth-order valence-electron chi connectivity index (χ4n) is 1.70. The number of nitrogens with two attached hydrogens (primary N) is 1. The van der Waals surface area contributed by atoms with E-state index in [4.69, 9.17) is 15.2 Å². The lowest BCUT2D eigenvalue weighted by Gasteiger charge is -2.08. The second-order valence-corrected chi connectivity index (χ2v) is 5.68. The molecule has 0 unspecified atom stereocenters. The maximum atomic E-state index is 11.6. The number of thiophene rings is 1. The zero-order chi connectivity index (χ0) is 14.4. The van der Waals surface area contributed by atoms with Crippen LogP contribution in [0.1, 0.15) is 36.4 Å². The summed E-state index contributed by atoms with van der Waals surface area (Å²) in [6.45, 7) is 5.22. The van der Waals surface area contributed by atoms with Gasteiger partial charge in [0.15, 0.2) is 5.75 Å². The Bertz CT molecular complexity index is 430. The highest BCUT2D eigenvalue weighted by molar-refractivity contribution is 7.19. The molecule has 0 fully saturated rings. The van der Waals surface area contributed by atoms with Crippen molar-refractivity contribution < 1.29 is 14.3 Å². The Balaban J connectivity index is 2.74. The minimum absolute atomic E-state index is 0.339. The summed E-state index contributed by atoms with van der Waals surface area (Å²) < 4.78 is 9.94. The minimum Gasteiger partial charge on any atom is -0.492 e. The Morgan fingerprint density at radius 1 is 1.42 bits per heavy atom. The molecule has 5 nitrogen and oxygen atoms in total. The van der Waals surface area contributed by atoms with Gasteiger partial charge in [-0.05, 0) is 18.8 Å². The molecule has 0 aromatic carbocycles. The fraction of sp³-hybridized carbons (Fsp3) is 0.615. The van der Waals surface area contributed by atoms with Crippen molar-refractivity contribution in [1.82, 2.24) is 0 Å². The molecule has 0 saturated heterocycles. The molecule has 0 spiro atoms. The Hall–Kier alpha value is -1.43. The number of nitrogen functional groups attached to an aromatic ring is 1. The first-order valence-electron chi connectivity index (χ1n) is 6.29. The summed E-state index contributed by atoms with van der Waals surface area (Å²) in [7, 11) is 2.88. The fourth-order valence-corrected chi connectivity index (χ4v) is 2.74. The summed E-state index contributed by atoms with van der Waals surface area (Å²) in [4.78, 5) is 11.9. The van der Waals surface area contributed by atoms with E-state index in [9.17, 15) is 4.79 Å². The van der Waals surface area contributed by atoms with Crippen LogP contribution in [0.4, 0.5) is 10.7 Å². The van der Waals surface area contributed by atoms with Gasteiger partial charge in [-0.3, -0.25) is 0 Å². The smallest absolute Gasteiger partial charge is 0.350 e. The summed E-state index contributed by atoms with van der Waals surface area (Å²) in [6, 6.07) is 0. The second kappa shape index (κ2) is 7.23. The average Bonchev–Trinajstić information content (AvgIpc) is 2.70. The molecule has 6 heteroatoms. The number of hydrogen-bond donors (Lipinski definition) is 2. The maximum absolute atomic E-state index is 11.6. The van der Waals surface area contributed by atoms with Gasteiger partial charge in [0.25, 0.3) is 0 Å².